The van der Waals surface area contributed by atoms with E-state index in [1.807, 2.05) is 0 Å². The molecule has 0 saturated heterocycles. The first-order valence-corrected chi connectivity index (χ1v) is 21.3. The van der Waals surface area contributed by atoms with Gasteiger partial charge in [0.1, 0.15) is 0 Å². The molecule has 2 heteroatoms. The van der Waals surface area contributed by atoms with Crippen LogP contribution >= 0.6 is 0 Å². The van der Waals surface area contributed by atoms with Crippen LogP contribution in [0.3, 0.4) is 0 Å². The lowest BCUT2D eigenvalue weighted by atomic mass is 9.82. The smallest absolute Gasteiger partial charge is 0.0546 e. The zero-order valence-electron chi connectivity index (χ0n) is 34.2. The normalized spacial score (nSPS) is 12.9. The van der Waals surface area contributed by atoms with Gasteiger partial charge in [0.25, 0.3) is 0 Å². The van der Waals surface area contributed by atoms with Crippen LogP contribution in [0.2, 0.25) is 0 Å². The number of fused-ring (bicyclic) bond motifs is 8. The van der Waals surface area contributed by atoms with Gasteiger partial charge in [-0.2, -0.15) is 0 Å². The monoisotopic (exact) mass is 778 g/mol. The Bertz CT molecular complexity index is 3470. The lowest BCUT2D eigenvalue weighted by molar-refractivity contribution is 0.660. The molecule has 0 amide bonds. The largest absolute Gasteiger partial charge is 0.310 e. The maximum atomic E-state index is 2.48. The highest BCUT2D eigenvalue weighted by Crippen LogP contribution is 2.52. The summed E-state index contributed by atoms with van der Waals surface area (Å²) in [5, 5.41) is 7.43. The summed E-state index contributed by atoms with van der Waals surface area (Å²) in [6.07, 6.45) is 0. The SMILES string of the molecule is CC1(C)c2ccccc2-c2cc(N(c3cccc(-c4cccc5cccc(-n6c7ccccc7c7ccccc76)c45)c3)c3ccccc3-c3cccc4ccccc34)ccc21. The van der Waals surface area contributed by atoms with Crippen molar-refractivity contribution in [3.8, 4) is 39.1 Å². The summed E-state index contributed by atoms with van der Waals surface area (Å²) in [7, 11) is 0. The molecule has 0 aliphatic heterocycles. The topological polar surface area (TPSA) is 8.17 Å². The van der Waals surface area contributed by atoms with Gasteiger partial charge in [0.15, 0.2) is 0 Å². The number of anilines is 3. The van der Waals surface area contributed by atoms with Crippen LogP contribution in [0, 0.1) is 0 Å². The predicted molar refractivity (Wildman–Crippen MR) is 259 cm³/mol. The van der Waals surface area contributed by atoms with Crippen molar-refractivity contribution in [3.63, 3.8) is 0 Å². The van der Waals surface area contributed by atoms with Crippen molar-refractivity contribution in [1.29, 1.82) is 0 Å². The first-order chi connectivity index (χ1) is 30.0. The van der Waals surface area contributed by atoms with Gasteiger partial charge < -0.3 is 9.47 Å². The van der Waals surface area contributed by atoms with E-state index in [2.05, 4.69) is 242 Å². The first kappa shape index (κ1) is 35.3. The summed E-state index contributed by atoms with van der Waals surface area (Å²) < 4.78 is 2.46. The molecule has 0 bridgehead atoms. The first-order valence-electron chi connectivity index (χ1n) is 21.3. The fourth-order valence-electron chi connectivity index (χ4n) is 10.4. The van der Waals surface area contributed by atoms with Crippen LogP contribution in [-0.2, 0) is 5.41 Å². The maximum Gasteiger partial charge on any atom is 0.0546 e. The number of aromatic nitrogens is 1. The Balaban J connectivity index is 1.10. The average molecular weight is 779 g/mol. The Labute approximate surface area is 356 Å². The van der Waals surface area contributed by atoms with E-state index in [-0.39, 0.29) is 5.41 Å². The second kappa shape index (κ2) is 13.7. The van der Waals surface area contributed by atoms with Gasteiger partial charge >= 0.3 is 0 Å². The molecule has 1 aliphatic carbocycles. The van der Waals surface area contributed by atoms with Gasteiger partial charge in [-0.05, 0) is 104 Å². The van der Waals surface area contributed by atoms with E-state index >= 15 is 0 Å². The molecular weight excluding hydrogens is 737 g/mol. The van der Waals surface area contributed by atoms with Crippen molar-refractivity contribution in [3.05, 3.63) is 230 Å². The molecule has 1 aliphatic rings. The molecular formula is C59H42N2. The minimum atomic E-state index is -0.0848. The van der Waals surface area contributed by atoms with Crippen molar-refractivity contribution in [1.82, 2.24) is 4.57 Å². The van der Waals surface area contributed by atoms with Gasteiger partial charge in [0, 0.05) is 38.5 Å². The van der Waals surface area contributed by atoms with Crippen molar-refractivity contribution in [2.45, 2.75) is 19.3 Å². The molecule has 11 aromatic rings. The summed E-state index contributed by atoms with van der Waals surface area (Å²) in [6, 6.07) is 80.5. The molecule has 12 rings (SSSR count). The highest BCUT2D eigenvalue weighted by Gasteiger charge is 2.35. The third kappa shape index (κ3) is 5.42. The summed E-state index contributed by atoms with van der Waals surface area (Å²) in [5.41, 5.74) is 17.0. The summed E-state index contributed by atoms with van der Waals surface area (Å²) >= 11 is 0. The van der Waals surface area contributed by atoms with E-state index in [0.29, 0.717) is 0 Å². The molecule has 0 radical (unpaired) electrons. The molecule has 0 N–H and O–H groups in total. The predicted octanol–water partition coefficient (Wildman–Crippen LogP) is 16.2. The van der Waals surface area contributed by atoms with Gasteiger partial charge in [-0.15, -0.1) is 0 Å². The average Bonchev–Trinajstić information content (AvgIpc) is 3.77. The quantitative estimate of drug-likeness (QED) is 0.163. The van der Waals surface area contributed by atoms with Gasteiger partial charge in [0.05, 0.1) is 22.4 Å². The van der Waals surface area contributed by atoms with Crippen molar-refractivity contribution >= 4 is 60.4 Å². The summed E-state index contributed by atoms with van der Waals surface area (Å²) in [5.74, 6) is 0. The standard InChI is InChI=1S/C59H42N2/c1-59(2)52-30-9-5-24-47(52)51-38-43(35-36-53(51)59)60(54-31-10-6-25-48(54)46-29-14-18-39-17-3-4-23-44(39)46)42-22-13-21-41(37-42)45-28-15-19-40-20-16-34-57(58(40)45)61-55-32-11-7-26-49(55)50-27-8-12-33-56(50)61/h3-38H,1-2H3. The van der Waals surface area contributed by atoms with Crippen LogP contribution in [0.25, 0.3) is 82.4 Å². The van der Waals surface area contributed by atoms with Crippen LogP contribution in [0.15, 0.2) is 218 Å². The second-order valence-corrected chi connectivity index (χ2v) is 16.9. The maximum absolute atomic E-state index is 2.48. The van der Waals surface area contributed by atoms with Gasteiger partial charge in [-0.1, -0.05) is 184 Å². The number of para-hydroxylation sites is 3. The molecule has 2 nitrogen and oxygen atoms in total. The molecule has 0 unspecified atom stereocenters. The van der Waals surface area contributed by atoms with Crippen molar-refractivity contribution in [2.24, 2.45) is 0 Å². The van der Waals surface area contributed by atoms with E-state index in [9.17, 15) is 0 Å². The van der Waals surface area contributed by atoms with E-state index < -0.39 is 0 Å². The van der Waals surface area contributed by atoms with Gasteiger partial charge in [-0.3, -0.25) is 0 Å². The van der Waals surface area contributed by atoms with E-state index in [0.717, 1.165) is 22.6 Å². The molecule has 1 heterocycles. The lowest BCUT2D eigenvalue weighted by Crippen LogP contribution is -2.15. The van der Waals surface area contributed by atoms with E-state index in [4.69, 9.17) is 0 Å². The third-order valence-corrected chi connectivity index (χ3v) is 13.2. The molecule has 0 saturated carbocycles. The van der Waals surface area contributed by atoms with E-state index in [1.54, 1.807) is 0 Å². The van der Waals surface area contributed by atoms with Crippen LogP contribution in [0.1, 0.15) is 25.0 Å². The van der Waals surface area contributed by atoms with Crippen molar-refractivity contribution < 1.29 is 0 Å². The van der Waals surface area contributed by atoms with E-state index in [1.165, 1.54) is 88.0 Å². The molecule has 0 spiro atoms. The lowest BCUT2D eigenvalue weighted by Gasteiger charge is -2.29. The number of hydrogen-bond donors (Lipinski definition) is 0. The molecule has 1 aromatic heterocycles. The minimum Gasteiger partial charge on any atom is -0.310 e. The fraction of sp³-hybridized carbons (Fsp3) is 0.0508. The van der Waals surface area contributed by atoms with Gasteiger partial charge in [0.2, 0.25) is 0 Å². The second-order valence-electron chi connectivity index (χ2n) is 16.9. The number of hydrogen-bond acceptors (Lipinski definition) is 1. The molecule has 0 atom stereocenters. The Hall–Kier alpha value is -7.68. The summed E-state index contributed by atoms with van der Waals surface area (Å²) in [6.45, 7) is 4.71. The van der Waals surface area contributed by atoms with Gasteiger partial charge in [-0.25, -0.2) is 0 Å². The van der Waals surface area contributed by atoms with Crippen LogP contribution in [-0.4, -0.2) is 4.57 Å². The highest BCUT2D eigenvalue weighted by atomic mass is 15.1. The zero-order valence-corrected chi connectivity index (χ0v) is 34.2. The third-order valence-electron chi connectivity index (χ3n) is 13.2. The zero-order chi connectivity index (χ0) is 40.7. The molecule has 0 fully saturated rings. The number of nitrogens with zero attached hydrogens (tertiary/aromatic N) is 2. The van der Waals surface area contributed by atoms with Crippen molar-refractivity contribution in [2.75, 3.05) is 4.90 Å². The minimum absolute atomic E-state index is 0.0848. The Morgan fingerprint density at radius 3 is 1.74 bits per heavy atom. The van der Waals surface area contributed by atoms with Crippen LogP contribution in [0.4, 0.5) is 17.1 Å². The number of benzene rings is 10. The molecule has 61 heavy (non-hydrogen) atoms. The molecule has 288 valence electrons. The Morgan fingerprint density at radius 1 is 0.377 bits per heavy atom. The Kier molecular flexibility index (Phi) is 7.92. The number of rotatable bonds is 6. The molecule has 10 aromatic carbocycles. The highest BCUT2D eigenvalue weighted by molar-refractivity contribution is 6.12. The Morgan fingerprint density at radius 2 is 0.934 bits per heavy atom. The fourth-order valence-corrected chi connectivity index (χ4v) is 10.4. The van der Waals surface area contributed by atoms with Crippen LogP contribution in [0.5, 0.6) is 0 Å². The summed E-state index contributed by atoms with van der Waals surface area (Å²) in [4.78, 5) is 2.48. The van der Waals surface area contributed by atoms with Crippen LogP contribution < -0.4 is 4.90 Å².